The van der Waals surface area contributed by atoms with Gasteiger partial charge in [-0.05, 0) is 45.1 Å². The van der Waals surface area contributed by atoms with Crippen LogP contribution in [0.2, 0.25) is 0 Å². The summed E-state index contributed by atoms with van der Waals surface area (Å²) < 4.78 is 0. The van der Waals surface area contributed by atoms with Gasteiger partial charge in [0, 0.05) is 20.3 Å². The van der Waals surface area contributed by atoms with E-state index in [4.69, 9.17) is 0 Å². The Labute approximate surface area is 205 Å². The fraction of sp³-hybridized carbons (Fsp3) is 0.391. The summed E-state index contributed by atoms with van der Waals surface area (Å²) in [5.41, 5.74) is 0. The molecule has 164 valence electrons. The zero-order valence-electron chi connectivity index (χ0n) is 17.7. The number of allylic oxidation sites excluding steroid dienone is 1. The van der Waals surface area contributed by atoms with Gasteiger partial charge in [0.15, 0.2) is 0 Å². The molecule has 0 radical (unpaired) electrons. The van der Waals surface area contributed by atoms with Crippen molar-refractivity contribution in [1.29, 1.82) is 0 Å². The second-order valence-electron chi connectivity index (χ2n) is 6.79. The van der Waals surface area contributed by atoms with Crippen LogP contribution >= 0.6 is 14.5 Å². The molecule has 29 heavy (non-hydrogen) atoms. The van der Waals surface area contributed by atoms with E-state index in [9.17, 15) is 5.11 Å². The Morgan fingerprint density at radius 1 is 0.862 bits per heavy atom. The van der Waals surface area contributed by atoms with Crippen LogP contribution in [0.4, 0.5) is 0 Å². The molecule has 0 saturated heterocycles. The molecule has 2 aromatic carbocycles. The Kier molecular flexibility index (Phi) is 16.2. The van der Waals surface area contributed by atoms with Crippen LogP contribution in [0.1, 0.15) is 27.7 Å². The third-order valence-electron chi connectivity index (χ3n) is 5.70. The van der Waals surface area contributed by atoms with E-state index >= 15 is 0 Å². The molecule has 2 rings (SSSR count). The molecule has 0 aliphatic heterocycles. The van der Waals surface area contributed by atoms with Crippen molar-refractivity contribution < 1.29 is 51.0 Å². The molecule has 0 heterocycles. The molecule has 0 aliphatic rings. The van der Waals surface area contributed by atoms with Gasteiger partial charge in [-0.2, -0.15) is 18.2 Å². The maximum atomic E-state index is 13.2. The summed E-state index contributed by atoms with van der Waals surface area (Å²) in [5.74, 6) is 2.49. The molecule has 1 nitrogen and oxygen atoms in total. The molecule has 0 unspecified atom stereocenters. The van der Waals surface area contributed by atoms with Crippen LogP contribution in [0.5, 0.6) is 0 Å². The van der Waals surface area contributed by atoms with Gasteiger partial charge >= 0.3 is 21.1 Å². The van der Waals surface area contributed by atoms with Gasteiger partial charge in [-0.25, -0.2) is 0 Å². The fourth-order valence-electron chi connectivity index (χ4n) is 3.77. The molecule has 0 bridgehead atoms. The Morgan fingerprint density at radius 3 is 1.86 bits per heavy atom. The van der Waals surface area contributed by atoms with Crippen molar-refractivity contribution in [2.45, 2.75) is 27.7 Å². The first kappa shape index (κ1) is 31.3. The smallest absolute Gasteiger partial charge is 1.00 e. The summed E-state index contributed by atoms with van der Waals surface area (Å²) in [6, 6.07) is 22.2. The van der Waals surface area contributed by atoms with Crippen LogP contribution in [0.25, 0.3) is 0 Å². The third kappa shape index (κ3) is 7.63. The number of hydrogen-bond donors (Lipinski definition) is 0. The van der Waals surface area contributed by atoms with E-state index in [2.05, 4.69) is 82.0 Å². The molecule has 2 aromatic rings. The maximum Gasteiger partial charge on any atom is 2.00 e. The van der Waals surface area contributed by atoms with E-state index < -0.39 is 14.5 Å². The second kappa shape index (κ2) is 15.0. The van der Waals surface area contributed by atoms with Gasteiger partial charge in [-0.3, -0.25) is 0 Å². The average molecular weight is 652 g/mol. The van der Waals surface area contributed by atoms with Gasteiger partial charge in [0.25, 0.3) is 0 Å². The maximum absolute atomic E-state index is 13.2. The minimum absolute atomic E-state index is 0. The van der Waals surface area contributed by atoms with Crippen LogP contribution in [0.3, 0.4) is 0 Å². The summed E-state index contributed by atoms with van der Waals surface area (Å²) in [5, 5.41) is 16.0. The summed E-state index contributed by atoms with van der Waals surface area (Å²) in [7, 11) is -2.99. The number of rotatable bonds is 9. The van der Waals surface area contributed by atoms with Crippen molar-refractivity contribution in [2.24, 2.45) is 0 Å². The largest absolute Gasteiger partial charge is 2.00 e. The first-order valence-electron chi connectivity index (χ1n) is 9.69. The predicted octanol–water partition coefficient (Wildman–Crippen LogP) is -1.24. The van der Waals surface area contributed by atoms with E-state index in [-0.39, 0.29) is 45.9 Å². The second-order valence-corrected chi connectivity index (χ2v) is 15.3. The minimum Gasteiger partial charge on any atom is -1.00 e. The predicted molar refractivity (Wildman–Crippen MR) is 120 cm³/mol. The molecule has 0 aromatic heterocycles. The van der Waals surface area contributed by atoms with Gasteiger partial charge in [0.05, 0.1) is 36.1 Å². The first-order chi connectivity index (χ1) is 12.6. The topological polar surface area (TPSA) is 23.1 Å². The van der Waals surface area contributed by atoms with Crippen molar-refractivity contribution in [3.8, 4) is 0 Å². The van der Waals surface area contributed by atoms with Crippen molar-refractivity contribution in [3.63, 3.8) is 0 Å². The Bertz CT molecular complexity index is 703. The summed E-state index contributed by atoms with van der Waals surface area (Å²) in [6.07, 6.45) is 4.98. The summed E-state index contributed by atoms with van der Waals surface area (Å²) >= 11 is 0. The number of halogens is 2. The fourth-order valence-corrected chi connectivity index (χ4v) is 10.3. The van der Waals surface area contributed by atoms with E-state index in [1.807, 2.05) is 12.1 Å². The van der Waals surface area contributed by atoms with Gasteiger partial charge < -0.3 is 29.9 Å². The summed E-state index contributed by atoms with van der Waals surface area (Å²) in [6.45, 7) is 8.97. The molecule has 6 heteroatoms. The van der Waals surface area contributed by atoms with E-state index in [1.165, 1.54) is 10.6 Å². The van der Waals surface area contributed by atoms with E-state index in [0.29, 0.717) is 11.9 Å². The van der Waals surface area contributed by atoms with Gasteiger partial charge in [0.2, 0.25) is 0 Å². The van der Waals surface area contributed by atoms with Crippen molar-refractivity contribution >= 4 is 25.1 Å². The molecule has 0 aliphatic carbocycles. The number of hydrogen-bond acceptors (Lipinski definition) is 1. The first-order valence-corrected chi connectivity index (χ1v) is 14.3. The average Bonchev–Trinajstić information content (AvgIpc) is 2.71. The normalized spacial score (nSPS) is 11.7. The van der Waals surface area contributed by atoms with Gasteiger partial charge in [-0.1, -0.05) is 24.0 Å². The monoisotopic (exact) mass is 651 g/mol. The van der Waals surface area contributed by atoms with Crippen molar-refractivity contribution in [3.05, 3.63) is 72.2 Å². The van der Waals surface area contributed by atoms with Crippen LogP contribution in [0, 0.1) is 6.07 Å². The van der Waals surface area contributed by atoms with Crippen molar-refractivity contribution in [1.82, 2.24) is 0 Å². The Hall–Kier alpha value is 0.108. The quantitative estimate of drug-likeness (QED) is 0.189. The molecule has 0 atom stereocenters. The Balaban J connectivity index is 0. The summed E-state index contributed by atoms with van der Waals surface area (Å²) in [4.78, 5) is 0. The van der Waals surface area contributed by atoms with E-state index in [0.717, 1.165) is 24.6 Å². The number of benzene rings is 2. The third-order valence-corrected chi connectivity index (χ3v) is 14.8. The van der Waals surface area contributed by atoms with Gasteiger partial charge in [0.1, 0.15) is 0 Å². The molecule has 0 spiro atoms. The molecular formula is C23H32Cl2OP2Pt. The van der Waals surface area contributed by atoms with Crippen LogP contribution < -0.4 is 40.5 Å². The molecule has 0 saturated carbocycles. The molecular weight excluding hydrogens is 620 g/mol. The van der Waals surface area contributed by atoms with Crippen LogP contribution in [-0.2, 0) is 21.1 Å². The van der Waals surface area contributed by atoms with Crippen LogP contribution in [0.15, 0.2) is 66.2 Å². The van der Waals surface area contributed by atoms with E-state index in [1.54, 1.807) is 0 Å². The standard InChI is InChI=1S/C23H32OP2.2ClH.Pt/c1-5-25(6-2,22-15-11-9-12-16-22)19-21(24)20-26(7-3,8-4)23-17-13-10-14-18-23;;;/h9-13,15-18,20H,5-8,19H2,1-4H3;2*1H;/q;;;+2/p-2/b21-20+;;;. The minimum atomic E-state index is -1.55. The zero-order valence-corrected chi connectivity index (χ0v) is 23.3. The molecule has 0 fully saturated rings. The van der Waals surface area contributed by atoms with Crippen LogP contribution in [-0.4, -0.2) is 30.8 Å². The molecule has 0 amide bonds. The SMILES string of the molecule is CC[P+](/C=C(/[O-])C[P+](CC)(CC)c1ccccc1)(CC)c1c[c-]ccc1.[Cl-].[Cl-].[Pt+2]. The zero-order chi connectivity index (χ0) is 19.0. The Morgan fingerprint density at radius 2 is 1.41 bits per heavy atom. The van der Waals surface area contributed by atoms with Gasteiger partial charge in [-0.15, -0.1) is 12.1 Å². The van der Waals surface area contributed by atoms with Crippen molar-refractivity contribution in [2.75, 3.05) is 30.8 Å². The molecule has 0 N–H and O–H groups in total.